The first-order valence-electron chi connectivity index (χ1n) is 3.35. The minimum absolute atomic E-state index is 0.457. The van der Waals surface area contributed by atoms with Gasteiger partial charge >= 0.3 is 0 Å². The second-order valence-corrected chi connectivity index (χ2v) is 2.54. The molecule has 9 heavy (non-hydrogen) atoms. The fraction of sp³-hybridized carbons (Fsp3) is 0.833. The van der Waals surface area contributed by atoms with Gasteiger partial charge in [-0.3, -0.25) is 11.3 Å². The summed E-state index contributed by atoms with van der Waals surface area (Å²) in [5.74, 6) is 5.23. The molecular formula is C6H13N3. The lowest BCUT2D eigenvalue weighted by atomic mass is 9.94. The Morgan fingerprint density at radius 1 is 1.44 bits per heavy atom. The Hall–Kier alpha value is -0.410. The molecule has 3 heteroatoms. The van der Waals surface area contributed by atoms with E-state index in [1.54, 1.807) is 0 Å². The average Bonchev–Trinajstić information content (AvgIpc) is 1.90. The summed E-state index contributed by atoms with van der Waals surface area (Å²) in [6, 6.07) is 0.457. The van der Waals surface area contributed by atoms with Crippen molar-refractivity contribution in [1.29, 1.82) is 5.41 Å². The number of hydrazine groups is 1. The molecule has 0 heterocycles. The van der Waals surface area contributed by atoms with Gasteiger partial charge in [0.25, 0.3) is 0 Å². The van der Waals surface area contributed by atoms with Gasteiger partial charge in [0.2, 0.25) is 0 Å². The van der Waals surface area contributed by atoms with E-state index < -0.39 is 0 Å². The minimum atomic E-state index is 0.457. The Bertz CT molecular complexity index is 101. The van der Waals surface area contributed by atoms with E-state index in [0.29, 0.717) is 6.04 Å². The maximum atomic E-state index is 7.29. The van der Waals surface area contributed by atoms with Gasteiger partial charge in [0.15, 0.2) is 0 Å². The standard InChI is InChI=1S/C6H13N3/c7-5-1-3-6(9-8)4-2-5/h6-7,9H,1-4,8H2. The van der Waals surface area contributed by atoms with Crippen molar-refractivity contribution < 1.29 is 0 Å². The summed E-state index contributed by atoms with van der Waals surface area (Å²) in [6.07, 6.45) is 3.93. The fourth-order valence-electron chi connectivity index (χ4n) is 1.13. The van der Waals surface area contributed by atoms with Crippen LogP contribution in [0.3, 0.4) is 0 Å². The third-order valence-electron chi connectivity index (χ3n) is 1.82. The van der Waals surface area contributed by atoms with Crippen molar-refractivity contribution >= 4 is 5.71 Å². The third-order valence-corrected chi connectivity index (χ3v) is 1.82. The van der Waals surface area contributed by atoms with Crippen LogP contribution in [-0.2, 0) is 0 Å². The predicted octanol–water partition coefficient (Wildman–Crippen LogP) is 0.412. The fourth-order valence-corrected chi connectivity index (χ4v) is 1.13. The molecule has 1 fully saturated rings. The quantitative estimate of drug-likeness (QED) is 0.353. The normalized spacial score (nSPS) is 28.6. The van der Waals surface area contributed by atoms with Gasteiger partial charge < -0.3 is 5.41 Å². The molecule has 0 aromatic rings. The van der Waals surface area contributed by atoms with Gasteiger partial charge in [-0.15, -0.1) is 0 Å². The van der Waals surface area contributed by atoms with Gasteiger partial charge in [0.1, 0.15) is 0 Å². The molecule has 0 bridgehead atoms. The summed E-state index contributed by atoms with van der Waals surface area (Å²) in [4.78, 5) is 0. The van der Waals surface area contributed by atoms with Crippen LogP contribution in [-0.4, -0.2) is 11.8 Å². The van der Waals surface area contributed by atoms with Crippen molar-refractivity contribution in [3.8, 4) is 0 Å². The predicted molar refractivity (Wildman–Crippen MR) is 37.3 cm³/mol. The molecule has 0 spiro atoms. The van der Waals surface area contributed by atoms with Crippen molar-refractivity contribution in [2.75, 3.05) is 0 Å². The molecule has 1 rings (SSSR count). The van der Waals surface area contributed by atoms with Crippen LogP contribution in [0.1, 0.15) is 25.7 Å². The number of hydrogen-bond acceptors (Lipinski definition) is 3. The van der Waals surface area contributed by atoms with Crippen molar-refractivity contribution in [2.45, 2.75) is 31.7 Å². The molecule has 0 unspecified atom stereocenters. The molecule has 1 aliphatic carbocycles. The lowest BCUT2D eigenvalue weighted by Gasteiger charge is -2.20. The molecule has 0 amide bonds. The Morgan fingerprint density at radius 2 is 2.00 bits per heavy atom. The van der Waals surface area contributed by atoms with Crippen molar-refractivity contribution in [1.82, 2.24) is 5.43 Å². The van der Waals surface area contributed by atoms with Gasteiger partial charge in [-0.05, 0) is 25.7 Å². The third kappa shape index (κ3) is 1.77. The van der Waals surface area contributed by atoms with E-state index in [-0.39, 0.29) is 0 Å². The van der Waals surface area contributed by atoms with E-state index in [9.17, 15) is 0 Å². The van der Waals surface area contributed by atoms with Crippen LogP contribution in [0.25, 0.3) is 0 Å². The number of nitrogens with two attached hydrogens (primary N) is 1. The topological polar surface area (TPSA) is 61.9 Å². The highest BCUT2D eigenvalue weighted by Crippen LogP contribution is 2.13. The van der Waals surface area contributed by atoms with Crippen LogP contribution in [0.5, 0.6) is 0 Å². The van der Waals surface area contributed by atoms with Crippen molar-refractivity contribution in [3.63, 3.8) is 0 Å². The van der Waals surface area contributed by atoms with Crippen molar-refractivity contribution in [2.24, 2.45) is 5.84 Å². The molecule has 1 aliphatic rings. The van der Waals surface area contributed by atoms with E-state index in [2.05, 4.69) is 5.43 Å². The van der Waals surface area contributed by atoms with E-state index in [0.717, 1.165) is 31.4 Å². The van der Waals surface area contributed by atoms with Crippen molar-refractivity contribution in [3.05, 3.63) is 0 Å². The summed E-state index contributed by atoms with van der Waals surface area (Å²) in [5.41, 5.74) is 3.60. The first kappa shape index (κ1) is 6.71. The van der Waals surface area contributed by atoms with E-state index in [1.807, 2.05) is 0 Å². The molecule has 0 aliphatic heterocycles. The van der Waals surface area contributed by atoms with Gasteiger partial charge in [-0.1, -0.05) is 0 Å². The molecule has 52 valence electrons. The zero-order valence-electron chi connectivity index (χ0n) is 5.48. The summed E-state index contributed by atoms with van der Waals surface area (Å²) < 4.78 is 0. The lowest BCUT2D eigenvalue weighted by molar-refractivity contribution is 0.456. The Balaban J connectivity index is 2.26. The molecule has 0 radical (unpaired) electrons. The summed E-state index contributed by atoms with van der Waals surface area (Å²) >= 11 is 0. The Labute approximate surface area is 55.1 Å². The first-order chi connectivity index (χ1) is 4.33. The first-order valence-corrected chi connectivity index (χ1v) is 3.35. The van der Waals surface area contributed by atoms with Crippen LogP contribution in [0, 0.1) is 5.41 Å². The summed E-state index contributed by atoms with van der Waals surface area (Å²) in [7, 11) is 0. The van der Waals surface area contributed by atoms with E-state index in [1.165, 1.54) is 0 Å². The smallest absolute Gasteiger partial charge is 0.0217 e. The lowest BCUT2D eigenvalue weighted by Crippen LogP contribution is -2.37. The zero-order chi connectivity index (χ0) is 6.69. The SMILES string of the molecule is N=C1CCC(NN)CC1. The molecule has 1 saturated carbocycles. The molecule has 0 aromatic heterocycles. The largest absolute Gasteiger partial charge is 0.310 e. The maximum absolute atomic E-state index is 7.29. The Morgan fingerprint density at radius 3 is 2.44 bits per heavy atom. The molecule has 3 nitrogen and oxygen atoms in total. The molecular weight excluding hydrogens is 114 g/mol. The van der Waals surface area contributed by atoms with Crippen LogP contribution in [0.2, 0.25) is 0 Å². The maximum Gasteiger partial charge on any atom is 0.0217 e. The monoisotopic (exact) mass is 127 g/mol. The Kier molecular flexibility index (Phi) is 2.19. The van der Waals surface area contributed by atoms with Crippen LogP contribution >= 0.6 is 0 Å². The minimum Gasteiger partial charge on any atom is -0.310 e. The van der Waals surface area contributed by atoms with Gasteiger partial charge in [-0.25, -0.2) is 0 Å². The molecule has 0 aromatic carbocycles. The number of rotatable bonds is 1. The van der Waals surface area contributed by atoms with E-state index >= 15 is 0 Å². The number of nitrogens with one attached hydrogen (secondary N) is 2. The highest BCUT2D eigenvalue weighted by molar-refractivity contribution is 5.82. The highest BCUT2D eigenvalue weighted by Gasteiger charge is 2.13. The van der Waals surface area contributed by atoms with Gasteiger partial charge in [0.05, 0.1) is 0 Å². The van der Waals surface area contributed by atoms with Crippen LogP contribution in [0.4, 0.5) is 0 Å². The van der Waals surface area contributed by atoms with Gasteiger partial charge in [-0.2, -0.15) is 0 Å². The molecule has 0 saturated heterocycles. The highest BCUT2D eigenvalue weighted by atomic mass is 15.2. The molecule has 4 N–H and O–H groups in total. The van der Waals surface area contributed by atoms with Crippen LogP contribution in [0.15, 0.2) is 0 Å². The number of hydrogen-bond donors (Lipinski definition) is 3. The second-order valence-electron chi connectivity index (χ2n) is 2.54. The average molecular weight is 127 g/mol. The van der Waals surface area contributed by atoms with Crippen LogP contribution < -0.4 is 11.3 Å². The zero-order valence-corrected chi connectivity index (χ0v) is 5.48. The molecule has 0 atom stereocenters. The van der Waals surface area contributed by atoms with E-state index in [4.69, 9.17) is 11.3 Å². The van der Waals surface area contributed by atoms with Gasteiger partial charge in [0, 0.05) is 11.8 Å². The second kappa shape index (κ2) is 2.94. The summed E-state index contributed by atoms with van der Waals surface area (Å²) in [6.45, 7) is 0. The summed E-state index contributed by atoms with van der Waals surface area (Å²) in [5, 5.41) is 7.29.